The van der Waals surface area contributed by atoms with Gasteiger partial charge in [0, 0.05) is 12.1 Å². The average molecular weight is 309 g/mol. The highest BCUT2D eigenvalue weighted by molar-refractivity contribution is 5.74. The minimum atomic E-state index is -1.34. The number of fused-ring (bicyclic) bond motifs is 2. The number of benzene rings is 1. The van der Waals surface area contributed by atoms with Gasteiger partial charge >= 0.3 is 11.9 Å². The van der Waals surface area contributed by atoms with Crippen LogP contribution in [0.3, 0.4) is 0 Å². The zero-order valence-electron chi connectivity index (χ0n) is 11.5. The fourth-order valence-corrected chi connectivity index (χ4v) is 2.90. The second-order valence-corrected chi connectivity index (χ2v) is 5.40. The number of carbonyl (C=O) groups is 2. The smallest absolute Gasteiger partial charge is 0.335 e. The number of rotatable bonds is 4. The maximum atomic E-state index is 11.3. The Labute approximate surface area is 125 Å². The number of aliphatic carboxylic acids is 2. The van der Waals surface area contributed by atoms with Crippen LogP contribution in [0.5, 0.6) is 5.75 Å². The van der Waals surface area contributed by atoms with Crippen molar-refractivity contribution < 1.29 is 34.4 Å². The third-order valence-corrected chi connectivity index (χ3v) is 3.78. The van der Waals surface area contributed by atoms with E-state index in [9.17, 15) is 19.8 Å². The zero-order valence-corrected chi connectivity index (χ0v) is 11.5. The van der Waals surface area contributed by atoms with Crippen LogP contribution in [0, 0.1) is 0 Å². The Morgan fingerprint density at radius 3 is 2.50 bits per heavy atom. The summed E-state index contributed by atoms with van der Waals surface area (Å²) in [6, 6.07) is 6.02. The topological polar surface area (TPSA) is 117 Å². The van der Waals surface area contributed by atoms with Crippen molar-refractivity contribution in [2.24, 2.45) is 0 Å². The molecule has 3 rings (SSSR count). The lowest BCUT2D eigenvalue weighted by Crippen LogP contribution is -2.51. The molecule has 3 atom stereocenters. The first kappa shape index (κ1) is 14.8. The fraction of sp³-hybridized carbons (Fsp3) is 0.429. The molecule has 0 aromatic heterocycles. The SMILES string of the molecule is O=C(O)CN1CC2OC(c3ccc(O)cc3)(C1)OC2C(=O)O. The van der Waals surface area contributed by atoms with Crippen LogP contribution in [0.25, 0.3) is 0 Å². The Morgan fingerprint density at radius 1 is 1.23 bits per heavy atom. The van der Waals surface area contributed by atoms with E-state index in [1.807, 2.05) is 0 Å². The van der Waals surface area contributed by atoms with Gasteiger partial charge in [-0.1, -0.05) is 0 Å². The highest BCUT2D eigenvalue weighted by atomic mass is 16.8. The van der Waals surface area contributed by atoms with E-state index in [1.54, 1.807) is 17.0 Å². The normalized spacial score (nSPS) is 31.1. The van der Waals surface area contributed by atoms with Crippen LogP contribution in [-0.2, 0) is 24.8 Å². The summed E-state index contributed by atoms with van der Waals surface area (Å²) in [6.45, 7) is 0.0445. The van der Waals surface area contributed by atoms with Crippen molar-refractivity contribution in [2.75, 3.05) is 19.6 Å². The third kappa shape index (κ3) is 2.52. The standard InChI is InChI=1S/C14H15NO7/c16-9-3-1-8(2-4-9)14-7-15(6-11(17)18)5-10(21-14)12(22-14)13(19)20/h1-4,10,12,16H,5-7H2,(H,17,18)(H,19,20). The van der Waals surface area contributed by atoms with Crippen molar-refractivity contribution in [2.45, 2.75) is 18.0 Å². The highest BCUT2D eigenvalue weighted by Gasteiger charge is 2.56. The lowest BCUT2D eigenvalue weighted by Gasteiger charge is -2.37. The van der Waals surface area contributed by atoms with E-state index in [1.165, 1.54) is 12.1 Å². The van der Waals surface area contributed by atoms with E-state index in [0.717, 1.165) is 0 Å². The van der Waals surface area contributed by atoms with E-state index >= 15 is 0 Å². The summed E-state index contributed by atoms with van der Waals surface area (Å²) in [6.07, 6.45) is -1.91. The number of carboxylic acid groups (broad SMARTS) is 2. The molecule has 0 aliphatic carbocycles. The number of hydrogen-bond acceptors (Lipinski definition) is 6. The molecule has 2 fully saturated rings. The molecule has 0 saturated carbocycles. The predicted molar refractivity (Wildman–Crippen MR) is 71.2 cm³/mol. The van der Waals surface area contributed by atoms with E-state index in [0.29, 0.717) is 5.56 Å². The molecule has 2 aliphatic rings. The minimum absolute atomic E-state index is 0.0580. The second kappa shape index (κ2) is 5.24. The number of morpholine rings is 1. The summed E-state index contributed by atoms with van der Waals surface area (Å²) < 4.78 is 11.4. The molecular weight excluding hydrogens is 294 g/mol. The lowest BCUT2D eigenvalue weighted by molar-refractivity contribution is -0.218. The van der Waals surface area contributed by atoms with Gasteiger partial charge in [0.25, 0.3) is 0 Å². The van der Waals surface area contributed by atoms with Crippen LogP contribution in [-0.4, -0.2) is 64.0 Å². The molecule has 0 spiro atoms. The Balaban J connectivity index is 1.94. The van der Waals surface area contributed by atoms with Crippen LogP contribution in [0.1, 0.15) is 5.56 Å². The summed E-state index contributed by atoms with van der Waals surface area (Å²) in [5, 5.41) is 27.6. The molecule has 8 nitrogen and oxygen atoms in total. The maximum absolute atomic E-state index is 11.3. The van der Waals surface area contributed by atoms with E-state index in [-0.39, 0.29) is 25.4 Å². The van der Waals surface area contributed by atoms with Gasteiger partial charge in [-0.2, -0.15) is 0 Å². The van der Waals surface area contributed by atoms with Gasteiger partial charge in [0.1, 0.15) is 11.9 Å². The molecule has 2 aliphatic heterocycles. The lowest BCUT2D eigenvalue weighted by atomic mass is 10.0. The molecule has 3 unspecified atom stereocenters. The van der Waals surface area contributed by atoms with Crippen molar-refractivity contribution in [3.05, 3.63) is 29.8 Å². The fourth-order valence-electron chi connectivity index (χ4n) is 2.90. The molecular formula is C14H15NO7. The first-order valence-corrected chi connectivity index (χ1v) is 6.72. The summed E-state index contributed by atoms with van der Waals surface area (Å²) in [5.74, 6) is -3.44. The van der Waals surface area contributed by atoms with Crippen molar-refractivity contribution >= 4 is 11.9 Å². The first-order chi connectivity index (χ1) is 10.4. The summed E-state index contributed by atoms with van der Waals surface area (Å²) >= 11 is 0. The number of nitrogens with zero attached hydrogens (tertiary/aromatic N) is 1. The molecule has 1 aromatic carbocycles. The van der Waals surface area contributed by atoms with E-state index in [4.69, 9.17) is 14.6 Å². The van der Waals surface area contributed by atoms with Gasteiger partial charge in [0.05, 0.1) is 13.1 Å². The van der Waals surface area contributed by atoms with Gasteiger partial charge in [0.15, 0.2) is 6.10 Å². The molecule has 8 heteroatoms. The molecule has 2 heterocycles. The van der Waals surface area contributed by atoms with Gasteiger partial charge in [-0.25, -0.2) is 4.79 Å². The highest BCUT2D eigenvalue weighted by Crippen LogP contribution is 2.42. The molecule has 3 N–H and O–H groups in total. The number of phenols is 1. The largest absolute Gasteiger partial charge is 0.508 e. The quantitative estimate of drug-likeness (QED) is 0.701. The molecule has 1 aromatic rings. The molecule has 2 bridgehead atoms. The Hall–Kier alpha value is -2.16. The van der Waals surface area contributed by atoms with Crippen LogP contribution in [0.4, 0.5) is 0 Å². The number of ether oxygens (including phenoxy) is 2. The van der Waals surface area contributed by atoms with Crippen LogP contribution >= 0.6 is 0 Å². The predicted octanol–water partition coefficient (Wildman–Crippen LogP) is -0.186. The number of phenolic OH excluding ortho intramolecular Hbond substituents is 1. The van der Waals surface area contributed by atoms with Crippen LogP contribution < -0.4 is 0 Å². The molecule has 2 saturated heterocycles. The molecule has 22 heavy (non-hydrogen) atoms. The zero-order chi connectivity index (χ0) is 15.9. The molecule has 0 amide bonds. The van der Waals surface area contributed by atoms with E-state index < -0.39 is 29.9 Å². The monoisotopic (exact) mass is 309 g/mol. The first-order valence-electron chi connectivity index (χ1n) is 6.72. The number of hydrogen-bond donors (Lipinski definition) is 3. The minimum Gasteiger partial charge on any atom is -0.508 e. The average Bonchev–Trinajstić information content (AvgIpc) is 2.71. The van der Waals surface area contributed by atoms with Gasteiger partial charge in [0.2, 0.25) is 5.79 Å². The van der Waals surface area contributed by atoms with Crippen molar-refractivity contribution in [3.8, 4) is 5.75 Å². The van der Waals surface area contributed by atoms with E-state index in [2.05, 4.69) is 0 Å². The maximum Gasteiger partial charge on any atom is 0.335 e. The van der Waals surface area contributed by atoms with Crippen LogP contribution in [0.2, 0.25) is 0 Å². The van der Waals surface area contributed by atoms with Gasteiger partial charge < -0.3 is 24.8 Å². The van der Waals surface area contributed by atoms with Crippen LogP contribution in [0.15, 0.2) is 24.3 Å². The molecule has 118 valence electrons. The van der Waals surface area contributed by atoms with Crippen molar-refractivity contribution in [3.63, 3.8) is 0 Å². The Bertz CT molecular complexity index is 602. The van der Waals surface area contributed by atoms with Gasteiger partial charge in [-0.05, 0) is 24.3 Å². The third-order valence-electron chi connectivity index (χ3n) is 3.78. The number of carboxylic acids is 2. The number of aromatic hydroxyl groups is 1. The Morgan fingerprint density at radius 2 is 1.91 bits per heavy atom. The molecule has 0 radical (unpaired) electrons. The van der Waals surface area contributed by atoms with Crippen molar-refractivity contribution in [1.82, 2.24) is 4.90 Å². The van der Waals surface area contributed by atoms with Gasteiger partial charge in [-0.15, -0.1) is 0 Å². The van der Waals surface area contributed by atoms with Crippen molar-refractivity contribution in [1.29, 1.82) is 0 Å². The van der Waals surface area contributed by atoms with Gasteiger partial charge in [-0.3, -0.25) is 9.69 Å². The second-order valence-electron chi connectivity index (χ2n) is 5.40. The summed E-state index contributed by atoms with van der Waals surface area (Å²) in [5.41, 5.74) is 0.536. The summed E-state index contributed by atoms with van der Waals surface area (Å²) in [4.78, 5) is 23.8. The summed E-state index contributed by atoms with van der Waals surface area (Å²) in [7, 11) is 0. The Kier molecular flexibility index (Phi) is 3.51.